The van der Waals surface area contributed by atoms with Crippen LogP contribution in [0, 0.1) is 0 Å². The molecule has 34 heavy (non-hydrogen) atoms. The van der Waals surface area contributed by atoms with Gasteiger partial charge in [-0.2, -0.15) is 0 Å². The van der Waals surface area contributed by atoms with Crippen molar-refractivity contribution in [1.82, 2.24) is 15.2 Å². The first-order valence-corrected chi connectivity index (χ1v) is 11.7. The molecule has 8 nitrogen and oxygen atoms in total. The Kier molecular flexibility index (Phi) is 7.80. The fourth-order valence-electron chi connectivity index (χ4n) is 3.92. The summed E-state index contributed by atoms with van der Waals surface area (Å²) in [6, 6.07) is 14.2. The van der Waals surface area contributed by atoms with E-state index in [0.717, 1.165) is 42.9 Å². The van der Waals surface area contributed by atoms with Gasteiger partial charge in [0.2, 0.25) is 5.89 Å². The van der Waals surface area contributed by atoms with Crippen LogP contribution in [0.25, 0.3) is 11.5 Å². The van der Waals surface area contributed by atoms with Crippen LogP contribution >= 0.6 is 0 Å². The van der Waals surface area contributed by atoms with Gasteiger partial charge in [-0.25, -0.2) is 9.78 Å². The zero-order valence-electron chi connectivity index (χ0n) is 19.4. The monoisotopic (exact) mass is 462 g/mol. The molecule has 178 valence electrons. The maximum atomic E-state index is 12.7. The number of urea groups is 1. The van der Waals surface area contributed by atoms with Crippen molar-refractivity contribution >= 4 is 17.6 Å². The van der Waals surface area contributed by atoms with E-state index in [4.69, 9.17) is 9.15 Å². The van der Waals surface area contributed by atoms with Crippen molar-refractivity contribution in [3.8, 4) is 17.2 Å². The molecule has 1 aromatic heterocycles. The molecule has 1 aliphatic rings. The number of aromatic nitrogens is 1. The van der Waals surface area contributed by atoms with Gasteiger partial charge in [-0.05, 0) is 61.4 Å². The smallest absolute Gasteiger partial charge is 0.319 e. The molecule has 1 fully saturated rings. The standard InChI is InChI=1S/C26H30N4O4/c1-33-23-12-8-19(9-13-23)24-28-22(18-34-24)14-15-27-26(32)29-21-10-6-20(7-11-21)25(31)30-16-4-2-3-5-17-30/h6-13,18H,2-5,14-17H2,1H3,(H2,27,29,32). The first-order valence-electron chi connectivity index (χ1n) is 11.7. The lowest BCUT2D eigenvalue weighted by Crippen LogP contribution is -2.32. The summed E-state index contributed by atoms with van der Waals surface area (Å²) in [5.74, 6) is 1.35. The van der Waals surface area contributed by atoms with E-state index >= 15 is 0 Å². The summed E-state index contributed by atoms with van der Waals surface area (Å²) in [6.45, 7) is 2.04. The molecule has 3 amide bonds. The van der Waals surface area contributed by atoms with Gasteiger partial charge in [-0.3, -0.25) is 4.79 Å². The Morgan fingerprint density at radius 1 is 1.00 bits per heavy atom. The first-order chi connectivity index (χ1) is 16.6. The highest BCUT2D eigenvalue weighted by Crippen LogP contribution is 2.22. The number of oxazole rings is 1. The molecule has 0 spiro atoms. The fourth-order valence-corrected chi connectivity index (χ4v) is 3.92. The molecule has 0 bridgehead atoms. The molecule has 2 N–H and O–H groups in total. The van der Waals surface area contributed by atoms with Crippen LogP contribution in [-0.2, 0) is 6.42 Å². The molecule has 4 rings (SSSR count). The van der Waals surface area contributed by atoms with Crippen LogP contribution in [0.3, 0.4) is 0 Å². The summed E-state index contributed by atoms with van der Waals surface area (Å²) in [4.78, 5) is 31.3. The van der Waals surface area contributed by atoms with Crippen LogP contribution in [0.15, 0.2) is 59.2 Å². The number of rotatable bonds is 7. The lowest BCUT2D eigenvalue weighted by Gasteiger charge is -2.20. The minimum absolute atomic E-state index is 0.0551. The summed E-state index contributed by atoms with van der Waals surface area (Å²) in [5.41, 5.74) is 2.89. The topological polar surface area (TPSA) is 96.7 Å². The molecule has 3 aromatic rings. The van der Waals surface area contributed by atoms with Crippen LogP contribution in [0.4, 0.5) is 10.5 Å². The Labute approximate surface area is 199 Å². The van der Waals surface area contributed by atoms with Crippen LogP contribution in [0.2, 0.25) is 0 Å². The number of hydrogen-bond acceptors (Lipinski definition) is 5. The van der Waals surface area contributed by atoms with Gasteiger partial charge < -0.3 is 24.7 Å². The number of carbonyl (C=O) groups excluding carboxylic acids is 2. The van der Waals surface area contributed by atoms with Gasteiger partial charge in [-0.15, -0.1) is 0 Å². The van der Waals surface area contributed by atoms with Crippen molar-refractivity contribution < 1.29 is 18.7 Å². The third-order valence-corrected chi connectivity index (χ3v) is 5.84. The van der Waals surface area contributed by atoms with Gasteiger partial charge in [0, 0.05) is 42.9 Å². The van der Waals surface area contributed by atoms with Gasteiger partial charge in [0.15, 0.2) is 0 Å². The van der Waals surface area contributed by atoms with Crippen LogP contribution in [0.5, 0.6) is 5.75 Å². The highest BCUT2D eigenvalue weighted by molar-refractivity contribution is 5.95. The van der Waals surface area contributed by atoms with Gasteiger partial charge in [0.1, 0.15) is 12.0 Å². The molecule has 1 aliphatic heterocycles. The van der Waals surface area contributed by atoms with E-state index in [2.05, 4.69) is 15.6 Å². The maximum absolute atomic E-state index is 12.7. The quantitative estimate of drug-likeness (QED) is 0.529. The van der Waals surface area contributed by atoms with Crippen molar-refractivity contribution in [2.24, 2.45) is 0 Å². The van der Waals surface area contributed by atoms with Crippen molar-refractivity contribution in [3.63, 3.8) is 0 Å². The van der Waals surface area contributed by atoms with E-state index in [-0.39, 0.29) is 11.9 Å². The highest BCUT2D eigenvalue weighted by Gasteiger charge is 2.17. The molecule has 0 atom stereocenters. The van der Waals surface area contributed by atoms with Gasteiger partial charge in [0.05, 0.1) is 12.8 Å². The Morgan fingerprint density at radius 3 is 2.38 bits per heavy atom. The van der Waals surface area contributed by atoms with Crippen LogP contribution in [0.1, 0.15) is 41.7 Å². The highest BCUT2D eigenvalue weighted by atomic mass is 16.5. The number of ether oxygens (including phenoxy) is 1. The SMILES string of the molecule is COc1ccc(-c2nc(CCNC(=O)Nc3ccc(C(=O)N4CCCCCC4)cc3)co2)cc1. The molecular formula is C26H30N4O4. The number of benzene rings is 2. The largest absolute Gasteiger partial charge is 0.497 e. The number of hydrogen-bond donors (Lipinski definition) is 2. The molecule has 0 radical (unpaired) electrons. The minimum atomic E-state index is -0.314. The van der Waals surface area contributed by atoms with Gasteiger partial charge in [-0.1, -0.05) is 12.8 Å². The predicted octanol–water partition coefficient (Wildman–Crippen LogP) is 4.73. The van der Waals surface area contributed by atoms with E-state index < -0.39 is 0 Å². The van der Waals surface area contributed by atoms with E-state index in [1.54, 1.807) is 37.6 Å². The van der Waals surface area contributed by atoms with Crippen molar-refractivity contribution in [2.75, 3.05) is 32.1 Å². The summed E-state index contributed by atoms with van der Waals surface area (Å²) < 4.78 is 10.7. The number of amides is 3. The summed E-state index contributed by atoms with van der Waals surface area (Å²) in [7, 11) is 1.62. The zero-order chi connectivity index (χ0) is 23.8. The Hall–Kier alpha value is -3.81. The van der Waals surface area contributed by atoms with E-state index in [1.807, 2.05) is 29.2 Å². The second kappa shape index (κ2) is 11.4. The predicted molar refractivity (Wildman–Crippen MR) is 130 cm³/mol. The number of carbonyl (C=O) groups is 2. The van der Waals surface area contributed by atoms with Crippen LogP contribution in [-0.4, -0.2) is 48.6 Å². The molecule has 2 heterocycles. The molecule has 8 heteroatoms. The number of nitrogens with zero attached hydrogens (tertiary/aromatic N) is 2. The number of anilines is 1. The number of methoxy groups -OCH3 is 1. The Bertz CT molecular complexity index is 1080. The molecule has 0 aliphatic carbocycles. The Morgan fingerprint density at radius 2 is 1.71 bits per heavy atom. The fraction of sp³-hybridized carbons (Fsp3) is 0.346. The summed E-state index contributed by atoms with van der Waals surface area (Å²) >= 11 is 0. The summed E-state index contributed by atoms with van der Waals surface area (Å²) in [5, 5.41) is 5.61. The van der Waals surface area contributed by atoms with Crippen molar-refractivity contribution in [3.05, 3.63) is 66.1 Å². The second-order valence-electron chi connectivity index (χ2n) is 8.29. The molecule has 1 saturated heterocycles. The second-order valence-corrected chi connectivity index (χ2v) is 8.29. The van der Waals surface area contributed by atoms with Crippen LogP contribution < -0.4 is 15.4 Å². The normalized spacial score (nSPS) is 13.7. The third kappa shape index (κ3) is 6.15. The van der Waals surface area contributed by atoms with E-state index in [1.165, 1.54) is 12.8 Å². The molecule has 0 saturated carbocycles. The molecule has 2 aromatic carbocycles. The lowest BCUT2D eigenvalue weighted by molar-refractivity contribution is 0.0761. The lowest BCUT2D eigenvalue weighted by atomic mass is 10.1. The Balaban J connectivity index is 1.22. The molecule has 0 unspecified atom stereocenters. The zero-order valence-corrected chi connectivity index (χ0v) is 19.4. The third-order valence-electron chi connectivity index (χ3n) is 5.84. The number of nitrogens with one attached hydrogen (secondary N) is 2. The van der Waals surface area contributed by atoms with Gasteiger partial charge in [0.25, 0.3) is 5.91 Å². The average Bonchev–Trinajstić information content (AvgIpc) is 3.16. The molecular weight excluding hydrogens is 432 g/mol. The average molecular weight is 463 g/mol. The minimum Gasteiger partial charge on any atom is -0.497 e. The van der Waals surface area contributed by atoms with E-state index in [9.17, 15) is 9.59 Å². The van der Waals surface area contributed by atoms with Gasteiger partial charge >= 0.3 is 6.03 Å². The van der Waals surface area contributed by atoms with Crippen molar-refractivity contribution in [2.45, 2.75) is 32.1 Å². The first kappa shape index (κ1) is 23.4. The van der Waals surface area contributed by atoms with Crippen molar-refractivity contribution in [1.29, 1.82) is 0 Å². The van der Waals surface area contributed by atoms with E-state index in [0.29, 0.717) is 30.1 Å². The maximum Gasteiger partial charge on any atom is 0.319 e. The summed E-state index contributed by atoms with van der Waals surface area (Å²) in [6.07, 6.45) is 6.62. The number of likely N-dealkylation sites (tertiary alicyclic amines) is 1.